The first kappa shape index (κ1) is 16.0. The van der Waals surface area contributed by atoms with Crippen LogP contribution in [0.15, 0.2) is 35.7 Å². The maximum Gasteiger partial charge on any atom is 0.230 e. The van der Waals surface area contributed by atoms with Crippen molar-refractivity contribution in [3.63, 3.8) is 0 Å². The van der Waals surface area contributed by atoms with Crippen LogP contribution in [0.25, 0.3) is 0 Å². The molecule has 122 valence electrons. The molecule has 3 rings (SSSR count). The van der Waals surface area contributed by atoms with Crippen molar-refractivity contribution in [2.45, 2.75) is 36.9 Å². The molecule has 0 spiro atoms. The summed E-state index contributed by atoms with van der Waals surface area (Å²) in [7, 11) is 0. The number of aromatic nitrogens is 3. The normalized spacial score (nSPS) is 16.4. The number of carbonyl (C=O) groups is 1. The van der Waals surface area contributed by atoms with Crippen molar-refractivity contribution in [3.05, 3.63) is 42.0 Å². The van der Waals surface area contributed by atoms with Crippen LogP contribution in [-0.2, 0) is 4.79 Å². The van der Waals surface area contributed by atoms with Gasteiger partial charge < -0.3 is 5.32 Å². The molecule has 0 bridgehead atoms. The molecule has 1 saturated carbocycles. The molecule has 1 aliphatic rings. The van der Waals surface area contributed by atoms with Gasteiger partial charge in [-0.05, 0) is 36.5 Å². The fraction of sp³-hybridized carbons (Fsp3) is 0.438. The Morgan fingerprint density at radius 3 is 2.74 bits per heavy atom. The average molecular weight is 334 g/mol. The van der Waals surface area contributed by atoms with Gasteiger partial charge in [-0.15, -0.1) is 0 Å². The molecular weight excluding hydrogens is 315 g/mol. The van der Waals surface area contributed by atoms with E-state index < -0.39 is 0 Å². The zero-order chi connectivity index (χ0) is 16.1. The highest BCUT2D eigenvalue weighted by Gasteiger charge is 2.27. The monoisotopic (exact) mass is 334 g/mol. The highest BCUT2D eigenvalue weighted by Crippen LogP contribution is 2.35. The third-order valence-electron chi connectivity index (χ3n) is 4.15. The molecular formula is C16H19FN4OS. The number of nitrogens with zero attached hydrogens (tertiary/aromatic N) is 2. The molecule has 1 aliphatic carbocycles. The lowest BCUT2D eigenvalue weighted by Crippen LogP contribution is -2.34. The summed E-state index contributed by atoms with van der Waals surface area (Å²) in [5.41, 5.74) is 0.969. The molecule has 5 nitrogen and oxygen atoms in total. The van der Waals surface area contributed by atoms with Gasteiger partial charge in [0, 0.05) is 0 Å². The van der Waals surface area contributed by atoms with E-state index in [1.165, 1.54) is 43.1 Å². The molecule has 1 aromatic carbocycles. The predicted octanol–water partition coefficient (Wildman–Crippen LogP) is 3.08. The lowest BCUT2D eigenvalue weighted by molar-refractivity contribution is -0.119. The van der Waals surface area contributed by atoms with Crippen LogP contribution in [0, 0.1) is 11.7 Å². The van der Waals surface area contributed by atoms with E-state index in [1.54, 1.807) is 12.1 Å². The Morgan fingerprint density at radius 1 is 1.35 bits per heavy atom. The smallest absolute Gasteiger partial charge is 0.230 e. The van der Waals surface area contributed by atoms with Crippen LogP contribution >= 0.6 is 11.8 Å². The molecule has 0 aliphatic heterocycles. The number of benzene rings is 1. The van der Waals surface area contributed by atoms with Gasteiger partial charge in [0.2, 0.25) is 5.91 Å². The van der Waals surface area contributed by atoms with Crippen LogP contribution in [0.2, 0.25) is 0 Å². The quantitative estimate of drug-likeness (QED) is 0.797. The number of halogens is 1. The number of hydrogen-bond acceptors (Lipinski definition) is 4. The molecule has 23 heavy (non-hydrogen) atoms. The van der Waals surface area contributed by atoms with Gasteiger partial charge >= 0.3 is 0 Å². The number of H-pyrrole nitrogens is 1. The SMILES string of the molecule is O=C(CSc1ncn[nH]1)N[C@H](c1ccc(F)cc1)C1CCCC1. The Bertz CT molecular complexity index is 626. The first-order valence-electron chi connectivity index (χ1n) is 7.75. The van der Waals surface area contributed by atoms with Gasteiger partial charge in [0.15, 0.2) is 5.16 Å². The van der Waals surface area contributed by atoms with E-state index >= 15 is 0 Å². The van der Waals surface area contributed by atoms with Crippen molar-refractivity contribution in [1.82, 2.24) is 20.5 Å². The second kappa shape index (κ2) is 7.59. The van der Waals surface area contributed by atoms with Crippen molar-refractivity contribution < 1.29 is 9.18 Å². The van der Waals surface area contributed by atoms with Crippen molar-refractivity contribution in [1.29, 1.82) is 0 Å². The summed E-state index contributed by atoms with van der Waals surface area (Å²) in [4.78, 5) is 16.3. The van der Waals surface area contributed by atoms with Gasteiger partial charge in [-0.3, -0.25) is 9.89 Å². The average Bonchev–Trinajstić information content (AvgIpc) is 3.25. The molecule has 1 heterocycles. The summed E-state index contributed by atoms with van der Waals surface area (Å²) in [5, 5.41) is 10.2. The van der Waals surface area contributed by atoms with Crippen LogP contribution in [0.5, 0.6) is 0 Å². The van der Waals surface area contributed by atoms with Crippen LogP contribution in [0.3, 0.4) is 0 Å². The molecule has 2 aromatic rings. The topological polar surface area (TPSA) is 70.7 Å². The number of aromatic amines is 1. The maximum atomic E-state index is 13.2. The number of thioether (sulfide) groups is 1. The van der Waals surface area contributed by atoms with Crippen molar-refractivity contribution in [2.75, 3.05) is 5.75 Å². The van der Waals surface area contributed by atoms with Crippen LogP contribution in [-0.4, -0.2) is 26.8 Å². The van der Waals surface area contributed by atoms with E-state index in [1.807, 2.05) is 0 Å². The minimum absolute atomic E-state index is 0.0485. The Labute approximate surface area is 138 Å². The summed E-state index contributed by atoms with van der Waals surface area (Å²) < 4.78 is 13.2. The first-order valence-corrected chi connectivity index (χ1v) is 8.74. The Kier molecular flexibility index (Phi) is 5.27. The fourth-order valence-electron chi connectivity index (χ4n) is 3.05. The summed E-state index contributed by atoms with van der Waals surface area (Å²) in [6.07, 6.45) is 5.98. The molecule has 0 unspecified atom stereocenters. The zero-order valence-corrected chi connectivity index (χ0v) is 13.5. The molecule has 7 heteroatoms. The number of hydrogen-bond donors (Lipinski definition) is 2. The zero-order valence-electron chi connectivity index (χ0n) is 12.7. The Balaban J connectivity index is 1.65. The van der Waals surface area contributed by atoms with Gasteiger partial charge in [-0.25, -0.2) is 9.37 Å². The minimum Gasteiger partial charge on any atom is -0.348 e. The van der Waals surface area contributed by atoms with Crippen molar-refractivity contribution >= 4 is 17.7 Å². The minimum atomic E-state index is -0.258. The number of rotatable bonds is 6. The third-order valence-corrected chi connectivity index (χ3v) is 5.03. The number of carbonyl (C=O) groups excluding carboxylic acids is 1. The van der Waals surface area contributed by atoms with Crippen LogP contribution in [0.1, 0.15) is 37.3 Å². The highest BCUT2D eigenvalue weighted by atomic mass is 32.2. The molecule has 0 saturated heterocycles. The van der Waals surface area contributed by atoms with E-state index in [-0.39, 0.29) is 23.5 Å². The molecule has 1 atom stereocenters. The van der Waals surface area contributed by atoms with Gasteiger partial charge in [-0.2, -0.15) is 5.10 Å². The number of nitrogens with one attached hydrogen (secondary N) is 2. The van der Waals surface area contributed by atoms with E-state index in [9.17, 15) is 9.18 Å². The molecule has 1 aromatic heterocycles. The standard InChI is InChI=1S/C16H19FN4OS/c17-13-7-5-12(6-8-13)15(11-3-1-2-4-11)20-14(22)9-23-16-18-10-19-21-16/h5-8,10-11,15H,1-4,9H2,(H,20,22)(H,18,19,21)/t15-/m0/s1. The summed E-state index contributed by atoms with van der Waals surface area (Å²) in [5.74, 6) is 0.387. The molecule has 1 amide bonds. The Hall–Kier alpha value is -1.89. The molecule has 2 N–H and O–H groups in total. The lowest BCUT2D eigenvalue weighted by atomic mass is 9.91. The van der Waals surface area contributed by atoms with E-state index in [0.29, 0.717) is 11.1 Å². The lowest BCUT2D eigenvalue weighted by Gasteiger charge is -2.25. The predicted molar refractivity (Wildman–Crippen MR) is 86.3 cm³/mol. The Morgan fingerprint density at radius 2 is 2.09 bits per heavy atom. The second-order valence-corrected chi connectivity index (χ2v) is 6.68. The second-order valence-electron chi connectivity index (χ2n) is 5.72. The fourth-order valence-corrected chi connectivity index (χ4v) is 3.64. The first-order chi connectivity index (χ1) is 11.2. The number of amides is 1. The highest BCUT2D eigenvalue weighted by molar-refractivity contribution is 7.99. The largest absolute Gasteiger partial charge is 0.348 e. The van der Waals surface area contributed by atoms with Gasteiger partial charge in [0.05, 0.1) is 11.8 Å². The van der Waals surface area contributed by atoms with Crippen LogP contribution < -0.4 is 5.32 Å². The maximum absolute atomic E-state index is 13.2. The van der Waals surface area contributed by atoms with E-state index in [2.05, 4.69) is 20.5 Å². The summed E-state index contributed by atoms with van der Waals surface area (Å²) >= 11 is 1.32. The summed E-state index contributed by atoms with van der Waals surface area (Å²) in [6.45, 7) is 0. The van der Waals surface area contributed by atoms with E-state index in [4.69, 9.17) is 0 Å². The van der Waals surface area contributed by atoms with Crippen molar-refractivity contribution in [2.24, 2.45) is 5.92 Å². The molecule has 0 radical (unpaired) electrons. The van der Waals surface area contributed by atoms with Gasteiger partial charge in [0.1, 0.15) is 12.1 Å². The van der Waals surface area contributed by atoms with Crippen molar-refractivity contribution in [3.8, 4) is 0 Å². The van der Waals surface area contributed by atoms with Gasteiger partial charge in [-0.1, -0.05) is 36.7 Å². The summed E-state index contributed by atoms with van der Waals surface area (Å²) in [6, 6.07) is 6.38. The van der Waals surface area contributed by atoms with Crippen LogP contribution in [0.4, 0.5) is 4.39 Å². The van der Waals surface area contributed by atoms with E-state index in [0.717, 1.165) is 18.4 Å². The third kappa shape index (κ3) is 4.31. The van der Waals surface area contributed by atoms with Gasteiger partial charge in [0.25, 0.3) is 0 Å². The molecule has 1 fully saturated rings.